The molecule has 11 heavy (non-hydrogen) atoms. The number of hydrogen-bond donors (Lipinski definition) is 0. The number of alkyl halides is 6. The zero-order valence-electron chi connectivity index (χ0n) is 5.55. The van der Waals surface area contributed by atoms with E-state index in [2.05, 4.69) is 0 Å². The largest absolute Gasteiger partial charge is 0.397 e. The quantitative estimate of drug-likeness (QED) is 0.415. The van der Waals surface area contributed by atoms with Crippen molar-refractivity contribution < 1.29 is 22.0 Å². The Labute approximate surface area is 74.3 Å². The van der Waals surface area contributed by atoms with Crippen LogP contribution in [-0.2, 0) is 0 Å². The summed E-state index contributed by atoms with van der Waals surface area (Å²) in [5.41, 5.74) is 0. The monoisotopic (exact) mass is 288 g/mol. The molecule has 0 heterocycles. The molecule has 0 aromatic carbocycles. The minimum Gasteiger partial charge on any atom is -0.205 e. The molecular weight excluding hydrogens is 282 g/mol. The molecule has 1 unspecified atom stereocenters. The third kappa shape index (κ3) is 3.08. The van der Waals surface area contributed by atoms with E-state index in [1.54, 1.807) is 0 Å². The van der Waals surface area contributed by atoms with Gasteiger partial charge in [0.25, 0.3) is 5.92 Å². The average molecular weight is 288 g/mol. The Morgan fingerprint density at radius 1 is 1.18 bits per heavy atom. The van der Waals surface area contributed by atoms with Crippen LogP contribution in [0.5, 0.6) is 0 Å². The summed E-state index contributed by atoms with van der Waals surface area (Å²) in [6.07, 6.45) is -4.81. The van der Waals surface area contributed by atoms with E-state index in [0.29, 0.717) is 6.92 Å². The van der Waals surface area contributed by atoms with Gasteiger partial charge in [-0.1, -0.05) is 22.6 Å². The van der Waals surface area contributed by atoms with Crippen LogP contribution < -0.4 is 0 Å². The highest BCUT2D eigenvalue weighted by Gasteiger charge is 2.51. The predicted octanol–water partition coefficient (Wildman–Crippen LogP) is 3.26. The van der Waals surface area contributed by atoms with Crippen LogP contribution in [0, 0.1) is 5.92 Å². The van der Waals surface area contributed by atoms with Gasteiger partial charge in [0.1, 0.15) is 5.92 Å². The molecule has 0 aromatic heterocycles. The highest BCUT2D eigenvalue weighted by Crippen LogP contribution is 2.38. The van der Waals surface area contributed by atoms with Gasteiger partial charge in [-0.05, 0) is 6.92 Å². The van der Waals surface area contributed by atoms with E-state index >= 15 is 0 Å². The molecule has 0 fully saturated rings. The summed E-state index contributed by atoms with van der Waals surface area (Å²) >= 11 is 1.24. The zero-order chi connectivity index (χ0) is 9.28. The first-order valence-electron chi connectivity index (χ1n) is 2.72. The molecule has 0 saturated carbocycles. The van der Waals surface area contributed by atoms with Gasteiger partial charge in [0.05, 0.1) is 4.43 Å². The Balaban J connectivity index is 4.35. The van der Waals surface area contributed by atoms with Gasteiger partial charge in [-0.25, -0.2) is 8.78 Å². The van der Waals surface area contributed by atoms with Gasteiger partial charge >= 0.3 is 6.18 Å². The lowest BCUT2D eigenvalue weighted by molar-refractivity contribution is -0.226. The van der Waals surface area contributed by atoms with Crippen LogP contribution in [0.15, 0.2) is 0 Å². The van der Waals surface area contributed by atoms with Gasteiger partial charge in [-0.15, -0.1) is 0 Å². The van der Waals surface area contributed by atoms with Crippen molar-refractivity contribution >= 4 is 22.6 Å². The van der Waals surface area contributed by atoms with Gasteiger partial charge in [0, 0.05) is 0 Å². The van der Waals surface area contributed by atoms with E-state index in [1.807, 2.05) is 0 Å². The summed E-state index contributed by atoms with van der Waals surface area (Å²) in [4.78, 5) is 0. The summed E-state index contributed by atoms with van der Waals surface area (Å²) in [5, 5.41) is 0. The SMILES string of the molecule is CC(C(F)(F)F)C(F)(F)CI. The topological polar surface area (TPSA) is 0 Å². The zero-order valence-corrected chi connectivity index (χ0v) is 7.71. The maximum Gasteiger partial charge on any atom is 0.397 e. The molecule has 0 saturated heterocycles. The minimum absolute atomic E-state index is 0.485. The van der Waals surface area contributed by atoms with E-state index in [-0.39, 0.29) is 0 Å². The van der Waals surface area contributed by atoms with Crippen molar-refractivity contribution in [1.82, 2.24) is 0 Å². The van der Waals surface area contributed by atoms with Crippen molar-refractivity contribution in [2.24, 2.45) is 5.92 Å². The van der Waals surface area contributed by atoms with Crippen LogP contribution in [0.1, 0.15) is 6.92 Å². The van der Waals surface area contributed by atoms with E-state index in [9.17, 15) is 22.0 Å². The number of hydrogen-bond acceptors (Lipinski definition) is 0. The lowest BCUT2D eigenvalue weighted by Gasteiger charge is -2.23. The van der Waals surface area contributed by atoms with Crippen LogP contribution in [-0.4, -0.2) is 16.5 Å². The Morgan fingerprint density at radius 2 is 1.55 bits per heavy atom. The van der Waals surface area contributed by atoms with Gasteiger partial charge in [0.2, 0.25) is 0 Å². The van der Waals surface area contributed by atoms with E-state index in [0.717, 1.165) is 0 Å². The standard InChI is InChI=1S/C5H6F5I/c1-3(5(8,9)10)4(6,7)2-11/h3H,2H2,1H3. The molecular formula is C5H6F5I. The second-order valence-electron chi connectivity index (χ2n) is 2.16. The Kier molecular flexibility index (Phi) is 3.52. The molecule has 0 spiro atoms. The fourth-order valence-electron chi connectivity index (χ4n) is 0.355. The first-order chi connectivity index (χ1) is 4.72. The molecule has 0 nitrogen and oxygen atoms in total. The van der Waals surface area contributed by atoms with Gasteiger partial charge in [0.15, 0.2) is 0 Å². The molecule has 0 rings (SSSR count). The highest BCUT2D eigenvalue weighted by molar-refractivity contribution is 14.1. The molecule has 6 heteroatoms. The van der Waals surface area contributed by atoms with Crippen LogP contribution >= 0.6 is 22.6 Å². The summed E-state index contributed by atoms with van der Waals surface area (Å²) < 4.78 is 58.8. The second-order valence-corrected chi connectivity index (χ2v) is 2.92. The molecule has 1 atom stereocenters. The smallest absolute Gasteiger partial charge is 0.205 e. The third-order valence-electron chi connectivity index (χ3n) is 1.30. The normalized spacial score (nSPS) is 16.6. The Hall–Kier alpha value is 0.380. The Morgan fingerprint density at radius 3 is 1.64 bits per heavy atom. The average Bonchev–Trinajstić information content (AvgIpc) is 1.84. The number of rotatable bonds is 2. The van der Waals surface area contributed by atoms with E-state index in [1.165, 1.54) is 22.6 Å². The van der Waals surface area contributed by atoms with Gasteiger partial charge < -0.3 is 0 Å². The summed E-state index contributed by atoms with van der Waals surface area (Å²) in [6.45, 7) is 0.485. The molecule has 0 aliphatic rings. The highest BCUT2D eigenvalue weighted by atomic mass is 127. The summed E-state index contributed by atoms with van der Waals surface area (Å²) in [7, 11) is 0. The van der Waals surface area contributed by atoms with Crippen LogP contribution in [0.25, 0.3) is 0 Å². The minimum atomic E-state index is -4.81. The van der Waals surface area contributed by atoms with Crippen molar-refractivity contribution in [2.45, 2.75) is 19.0 Å². The predicted molar refractivity (Wildman–Crippen MR) is 39.1 cm³/mol. The molecule has 0 aliphatic heterocycles. The fraction of sp³-hybridized carbons (Fsp3) is 1.00. The molecule has 0 N–H and O–H groups in total. The molecule has 0 aliphatic carbocycles. The Bertz CT molecular complexity index is 129. The maximum atomic E-state index is 12.3. The fourth-order valence-corrected chi connectivity index (χ4v) is 1.02. The van der Waals surface area contributed by atoms with Gasteiger partial charge in [-0.3, -0.25) is 0 Å². The van der Waals surface area contributed by atoms with Crippen molar-refractivity contribution in [3.05, 3.63) is 0 Å². The van der Waals surface area contributed by atoms with Crippen molar-refractivity contribution in [2.75, 3.05) is 4.43 Å². The first kappa shape index (κ1) is 11.4. The van der Waals surface area contributed by atoms with E-state index in [4.69, 9.17) is 0 Å². The van der Waals surface area contributed by atoms with Crippen LogP contribution in [0.4, 0.5) is 22.0 Å². The maximum absolute atomic E-state index is 12.3. The lowest BCUT2D eigenvalue weighted by atomic mass is 10.1. The van der Waals surface area contributed by atoms with Crippen LogP contribution in [0.2, 0.25) is 0 Å². The molecule has 0 amide bonds. The summed E-state index contributed by atoms with van der Waals surface area (Å²) in [6, 6.07) is 0. The van der Waals surface area contributed by atoms with Gasteiger partial charge in [-0.2, -0.15) is 13.2 Å². The second kappa shape index (κ2) is 3.40. The first-order valence-corrected chi connectivity index (χ1v) is 4.25. The van der Waals surface area contributed by atoms with Crippen molar-refractivity contribution in [3.63, 3.8) is 0 Å². The molecule has 0 radical (unpaired) electrons. The van der Waals surface area contributed by atoms with Crippen LogP contribution in [0.3, 0.4) is 0 Å². The van der Waals surface area contributed by atoms with Crippen molar-refractivity contribution in [1.29, 1.82) is 0 Å². The summed E-state index contributed by atoms with van der Waals surface area (Å²) in [5.74, 6) is -6.22. The van der Waals surface area contributed by atoms with E-state index < -0.39 is 22.4 Å². The van der Waals surface area contributed by atoms with Crippen molar-refractivity contribution in [3.8, 4) is 0 Å². The third-order valence-corrected chi connectivity index (χ3v) is 2.32. The number of halogens is 6. The molecule has 0 aromatic rings. The molecule has 68 valence electrons. The molecule has 0 bridgehead atoms. The lowest BCUT2D eigenvalue weighted by Crippen LogP contribution is -2.38.